The Kier molecular flexibility index (Phi) is 5.14. The summed E-state index contributed by atoms with van der Waals surface area (Å²) in [5.74, 6) is 3.19. The maximum Gasteiger partial charge on any atom is 0.276 e. The van der Waals surface area contributed by atoms with Crippen molar-refractivity contribution in [1.29, 1.82) is 0 Å². The Bertz CT molecular complexity index is 1070. The zero-order valence-corrected chi connectivity index (χ0v) is 16.7. The van der Waals surface area contributed by atoms with Gasteiger partial charge in [0.25, 0.3) is 5.56 Å². The number of fused-ring (bicyclic) bond motifs is 1. The van der Waals surface area contributed by atoms with Gasteiger partial charge in [-0.25, -0.2) is 9.50 Å². The smallest absolute Gasteiger partial charge is 0.276 e. The predicted octanol–water partition coefficient (Wildman–Crippen LogP) is 1.53. The van der Waals surface area contributed by atoms with Gasteiger partial charge in [0, 0.05) is 38.1 Å². The van der Waals surface area contributed by atoms with Crippen LogP contribution in [0.5, 0.6) is 11.5 Å². The summed E-state index contributed by atoms with van der Waals surface area (Å²) >= 11 is 0. The van der Waals surface area contributed by atoms with E-state index < -0.39 is 0 Å². The topological polar surface area (TPSA) is 105 Å². The first kappa shape index (κ1) is 19.1. The molecule has 2 N–H and O–H groups in total. The number of benzene rings is 1. The molecule has 30 heavy (non-hydrogen) atoms. The molecule has 0 saturated carbocycles. The SMILES string of the molecule is O=c1[nH]c(CN2CC(COc3ccc(O)cc3)C2)nn2c(C3CCOCC3)ncc12. The fourth-order valence-corrected chi connectivity index (χ4v) is 4.15. The van der Waals surface area contributed by atoms with Crippen LogP contribution in [0.4, 0.5) is 0 Å². The van der Waals surface area contributed by atoms with Gasteiger partial charge >= 0.3 is 0 Å². The van der Waals surface area contributed by atoms with E-state index in [1.807, 2.05) is 0 Å². The van der Waals surface area contributed by atoms with Crippen LogP contribution in [0.25, 0.3) is 5.52 Å². The number of ether oxygens (including phenoxy) is 2. The average molecular weight is 411 g/mol. The third-order valence-electron chi connectivity index (χ3n) is 5.79. The number of hydrogen-bond acceptors (Lipinski definition) is 7. The minimum Gasteiger partial charge on any atom is -0.508 e. The first-order valence-corrected chi connectivity index (χ1v) is 10.3. The van der Waals surface area contributed by atoms with Gasteiger partial charge < -0.3 is 19.6 Å². The second kappa shape index (κ2) is 8.08. The third-order valence-corrected chi connectivity index (χ3v) is 5.79. The summed E-state index contributed by atoms with van der Waals surface area (Å²) < 4.78 is 12.9. The summed E-state index contributed by atoms with van der Waals surface area (Å²) in [5, 5.41) is 14.0. The Hall–Kier alpha value is -2.91. The minimum absolute atomic E-state index is 0.154. The Morgan fingerprint density at radius 3 is 2.73 bits per heavy atom. The van der Waals surface area contributed by atoms with Gasteiger partial charge in [0.05, 0.1) is 19.3 Å². The van der Waals surface area contributed by atoms with Crippen LogP contribution >= 0.6 is 0 Å². The number of likely N-dealkylation sites (tertiary alicyclic amines) is 1. The molecule has 9 heteroatoms. The average Bonchev–Trinajstić information content (AvgIpc) is 3.16. The van der Waals surface area contributed by atoms with Crippen molar-refractivity contribution in [3.8, 4) is 11.5 Å². The van der Waals surface area contributed by atoms with Gasteiger partial charge in [0.1, 0.15) is 23.1 Å². The molecule has 2 aliphatic heterocycles. The first-order chi connectivity index (χ1) is 14.7. The van der Waals surface area contributed by atoms with Crippen LogP contribution in [0, 0.1) is 5.92 Å². The molecule has 0 unspecified atom stereocenters. The lowest BCUT2D eigenvalue weighted by molar-refractivity contribution is 0.0532. The standard InChI is InChI=1S/C21H25N5O4/c27-16-1-3-17(4-2-16)30-13-14-10-25(11-14)12-19-23-21(28)18-9-22-20(26(18)24-19)15-5-7-29-8-6-15/h1-4,9,14-15,27H,5-8,10-13H2,(H,23,24,28). The fraction of sp³-hybridized carbons (Fsp3) is 0.476. The Labute approximate surface area is 173 Å². The zero-order chi connectivity index (χ0) is 20.5. The molecule has 0 atom stereocenters. The summed E-state index contributed by atoms with van der Waals surface area (Å²) in [7, 11) is 0. The highest BCUT2D eigenvalue weighted by molar-refractivity contribution is 5.42. The highest BCUT2D eigenvalue weighted by Crippen LogP contribution is 2.26. The second-order valence-electron chi connectivity index (χ2n) is 8.07. The van der Waals surface area contributed by atoms with Crippen LogP contribution in [-0.4, -0.2) is 62.5 Å². The molecular weight excluding hydrogens is 386 g/mol. The van der Waals surface area contributed by atoms with Gasteiger partial charge in [-0.1, -0.05) is 0 Å². The number of hydrogen-bond donors (Lipinski definition) is 2. The van der Waals surface area contributed by atoms with E-state index in [1.54, 1.807) is 35.0 Å². The van der Waals surface area contributed by atoms with E-state index in [0.29, 0.717) is 30.4 Å². The molecule has 5 rings (SSSR count). The molecule has 0 aliphatic carbocycles. The van der Waals surface area contributed by atoms with Crippen molar-refractivity contribution >= 4 is 5.52 Å². The van der Waals surface area contributed by atoms with Crippen LogP contribution in [0.2, 0.25) is 0 Å². The maximum absolute atomic E-state index is 12.5. The number of imidazole rings is 1. The van der Waals surface area contributed by atoms with E-state index in [-0.39, 0.29) is 17.2 Å². The summed E-state index contributed by atoms with van der Waals surface area (Å²) in [6, 6.07) is 6.75. The number of phenols is 1. The van der Waals surface area contributed by atoms with Crippen LogP contribution < -0.4 is 10.3 Å². The van der Waals surface area contributed by atoms with E-state index >= 15 is 0 Å². The number of phenolic OH excluding ortho intramolecular Hbond substituents is 1. The van der Waals surface area contributed by atoms with E-state index in [0.717, 1.165) is 50.7 Å². The van der Waals surface area contributed by atoms with Gasteiger partial charge in [-0.3, -0.25) is 9.69 Å². The number of nitrogens with one attached hydrogen (secondary N) is 1. The maximum atomic E-state index is 12.5. The molecule has 0 spiro atoms. The number of aromatic nitrogens is 4. The van der Waals surface area contributed by atoms with Crippen molar-refractivity contribution in [1.82, 2.24) is 24.5 Å². The molecule has 2 saturated heterocycles. The lowest BCUT2D eigenvalue weighted by atomic mass is 10.00. The van der Waals surface area contributed by atoms with Gasteiger partial charge in [0.15, 0.2) is 5.52 Å². The Balaban J connectivity index is 1.21. The number of aromatic amines is 1. The summed E-state index contributed by atoms with van der Waals surface area (Å²) in [6.07, 6.45) is 3.41. The van der Waals surface area contributed by atoms with Crippen molar-refractivity contribution in [3.05, 3.63) is 52.5 Å². The molecule has 4 heterocycles. The van der Waals surface area contributed by atoms with Crippen molar-refractivity contribution < 1.29 is 14.6 Å². The van der Waals surface area contributed by atoms with Crippen LogP contribution in [0.1, 0.15) is 30.4 Å². The summed E-state index contributed by atoms with van der Waals surface area (Å²) in [4.78, 5) is 22.1. The monoisotopic (exact) mass is 411 g/mol. The molecular formula is C21H25N5O4. The van der Waals surface area contributed by atoms with Crippen LogP contribution in [0.3, 0.4) is 0 Å². The third kappa shape index (κ3) is 3.90. The van der Waals surface area contributed by atoms with E-state index in [1.165, 1.54) is 0 Å². The van der Waals surface area contributed by atoms with Crippen LogP contribution in [-0.2, 0) is 11.3 Å². The molecule has 1 aromatic carbocycles. The zero-order valence-electron chi connectivity index (χ0n) is 16.7. The van der Waals surface area contributed by atoms with Crippen molar-refractivity contribution in [3.63, 3.8) is 0 Å². The first-order valence-electron chi connectivity index (χ1n) is 10.3. The molecule has 2 aromatic heterocycles. The van der Waals surface area contributed by atoms with Crippen molar-refractivity contribution in [2.45, 2.75) is 25.3 Å². The molecule has 9 nitrogen and oxygen atoms in total. The Morgan fingerprint density at radius 1 is 1.20 bits per heavy atom. The highest BCUT2D eigenvalue weighted by Gasteiger charge is 2.28. The molecule has 0 radical (unpaired) electrons. The quantitative estimate of drug-likeness (QED) is 0.634. The molecule has 2 aliphatic rings. The highest BCUT2D eigenvalue weighted by atomic mass is 16.5. The van der Waals surface area contributed by atoms with E-state index in [2.05, 4.69) is 20.0 Å². The molecule has 2 fully saturated rings. The Morgan fingerprint density at radius 2 is 1.97 bits per heavy atom. The summed E-state index contributed by atoms with van der Waals surface area (Å²) in [5.41, 5.74) is 0.336. The second-order valence-corrected chi connectivity index (χ2v) is 8.07. The predicted molar refractivity (Wildman–Crippen MR) is 109 cm³/mol. The molecule has 0 bridgehead atoms. The molecule has 158 valence electrons. The number of nitrogens with zero attached hydrogens (tertiary/aromatic N) is 4. The van der Waals surface area contributed by atoms with E-state index in [4.69, 9.17) is 9.47 Å². The number of H-pyrrole nitrogens is 1. The normalized spacial score (nSPS) is 18.5. The molecule has 0 amide bonds. The lowest BCUT2D eigenvalue weighted by Crippen LogP contribution is -2.48. The number of aromatic hydroxyl groups is 1. The summed E-state index contributed by atoms with van der Waals surface area (Å²) in [6.45, 7) is 4.42. The number of rotatable bonds is 6. The van der Waals surface area contributed by atoms with Crippen molar-refractivity contribution in [2.24, 2.45) is 5.92 Å². The van der Waals surface area contributed by atoms with Gasteiger partial charge in [-0.2, -0.15) is 5.10 Å². The fourth-order valence-electron chi connectivity index (χ4n) is 4.15. The molecule has 3 aromatic rings. The van der Waals surface area contributed by atoms with Gasteiger partial charge in [-0.05, 0) is 37.1 Å². The van der Waals surface area contributed by atoms with E-state index in [9.17, 15) is 9.90 Å². The minimum atomic E-state index is -0.154. The lowest BCUT2D eigenvalue weighted by Gasteiger charge is -2.38. The van der Waals surface area contributed by atoms with Crippen molar-refractivity contribution in [2.75, 3.05) is 32.9 Å². The van der Waals surface area contributed by atoms with Crippen LogP contribution in [0.15, 0.2) is 35.3 Å². The largest absolute Gasteiger partial charge is 0.508 e. The van der Waals surface area contributed by atoms with Gasteiger partial charge in [0.2, 0.25) is 0 Å². The van der Waals surface area contributed by atoms with Gasteiger partial charge in [-0.15, -0.1) is 0 Å².